The molecule has 3 aromatic heterocycles. The van der Waals surface area contributed by atoms with Crippen molar-refractivity contribution in [3.8, 4) is 5.75 Å². The predicted octanol–water partition coefficient (Wildman–Crippen LogP) is 3.47. The maximum atomic E-state index is 12.6. The Bertz CT molecular complexity index is 1080. The number of pyridine rings is 1. The predicted molar refractivity (Wildman–Crippen MR) is 110 cm³/mol. The van der Waals surface area contributed by atoms with E-state index in [0.29, 0.717) is 17.8 Å². The second-order valence-corrected chi connectivity index (χ2v) is 9.02. The van der Waals surface area contributed by atoms with Gasteiger partial charge < -0.3 is 15.0 Å². The highest BCUT2D eigenvalue weighted by Crippen LogP contribution is 2.40. The zero-order valence-corrected chi connectivity index (χ0v) is 17.9. The Hall–Kier alpha value is -2.63. The summed E-state index contributed by atoms with van der Waals surface area (Å²) in [5, 5.41) is 8.86. The third-order valence-electron chi connectivity index (χ3n) is 5.84. The minimum absolute atomic E-state index is 0.0716. The molecule has 8 nitrogen and oxygen atoms in total. The summed E-state index contributed by atoms with van der Waals surface area (Å²) in [6, 6.07) is 1.76. The van der Waals surface area contributed by atoms with E-state index in [2.05, 4.69) is 29.7 Å². The molecule has 0 aromatic carbocycles. The van der Waals surface area contributed by atoms with Gasteiger partial charge in [-0.1, -0.05) is 0 Å². The number of fused-ring (bicyclic) bond motifs is 3. The third-order valence-corrected chi connectivity index (χ3v) is 6.71. The lowest BCUT2D eigenvalue weighted by atomic mass is 9.92. The van der Waals surface area contributed by atoms with E-state index in [9.17, 15) is 13.2 Å². The molecule has 4 heterocycles. The van der Waals surface area contributed by atoms with Crippen molar-refractivity contribution >= 4 is 28.3 Å². The van der Waals surface area contributed by atoms with Crippen LogP contribution >= 0.6 is 11.5 Å². The number of piperidine rings is 1. The molecule has 5 rings (SSSR count). The van der Waals surface area contributed by atoms with Crippen molar-refractivity contribution in [3.05, 3.63) is 23.7 Å². The first-order valence-corrected chi connectivity index (χ1v) is 10.9. The molecule has 1 aliphatic carbocycles. The lowest BCUT2D eigenvalue weighted by Crippen LogP contribution is -2.48. The van der Waals surface area contributed by atoms with Crippen molar-refractivity contribution in [2.24, 2.45) is 11.8 Å². The molecule has 2 fully saturated rings. The lowest BCUT2D eigenvalue weighted by Gasteiger charge is -2.37. The summed E-state index contributed by atoms with van der Waals surface area (Å²) < 4.78 is 48.6. The largest absolute Gasteiger partial charge is 0.480 e. The van der Waals surface area contributed by atoms with Gasteiger partial charge in [-0.25, -0.2) is 9.50 Å². The molecule has 2 aliphatic rings. The number of hydrogen-bond donors (Lipinski definition) is 1. The number of aromatic nitrogens is 5. The summed E-state index contributed by atoms with van der Waals surface area (Å²) in [5.41, 5.74) is 1.01. The van der Waals surface area contributed by atoms with Gasteiger partial charge in [0.25, 0.3) is 0 Å². The molecule has 12 heteroatoms. The molecular weight excluding hydrogens is 431 g/mol. The molecule has 0 spiro atoms. The number of nitrogens with one attached hydrogen (secondary N) is 1. The Morgan fingerprint density at radius 3 is 2.58 bits per heavy atom. The molecule has 0 radical (unpaired) electrons. The quantitative estimate of drug-likeness (QED) is 0.634. The van der Waals surface area contributed by atoms with Gasteiger partial charge in [-0.05, 0) is 50.2 Å². The zero-order chi connectivity index (χ0) is 21.8. The smallest absolute Gasteiger partial charge is 0.422 e. The van der Waals surface area contributed by atoms with E-state index in [1.807, 2.05) is 6.92 Å². The Balaban J connectivity index is 1.34. The summed E-state index contributed by atoms with van der Waals surface area (Å²) in [6.07, 6.45) is -0.491. The van der Waals surface area contributed by atoms with E-state index in [4.69, 9.17) is 4.74 Å². The molecule has 2 bridgehead atoms. The van der Waals surface area contributed by atoms with E-state index in [-0.39, 0.29) is 17.4 Å². The first-order valence-electron chi connectivity index (χ1n) is 10.1. The summed E-state index contributed by atoms with van der Waals surface area (Å²) >= 11 is 1.43. The van der Waals surface area contributed by atoms with E-state index >= 15 is 0 Å². The summed E-state index contributed by atoms with van der Waals surface area (Å²) in [4.78, 5) is 11.3. The fourth-order valence-electron chi connectivity index (χ4n) is 4.59. The van der Waals surface area contributed by atoms with Crippen molar-refractivity contribution in [2.45, 2.75) is 38.9 Å². The van der Waals surface area contributed by atoms with Crippen molar-refractivity contribution in [1.29, 1.82) is 0 Å². The number of halogens is 3. The molecule has 2 unspecified atom stereocenters. The van der Waals surface area contributed by atoms with Gasteiger partial charge in [0.15, 0.2) is 18.0 Å². The van der Waals surface area contributed by atoms with Crippen LogP contribution in [-0.4, -0.2) is 55.9 Å². The Labute approximate surface area is 180 Å². The molecule has 0 amide bonds. The molecule has 3 aromatic rings. The maximum Gasteiger partial charge on any atom is 0.422 e. The van der Waals surface area contributed by atoms with Crippen molar-refractivity contribution in [2.75, 3.05) is 29.9 Å². The highest BCUT2D eigenvalue weighted by atomic mass is 32.1. The zero-order valence-electron chi connectivity index (χ0n) is 17.1. The molecule has 2 atom stereocenters. The van der Waals surface area contributed by atoms with Crippen molar-refractivity contribution < 1.29 is 17.9 Å². The topological polar surface area (TPSA) is 80.5 Å². The van der Waals surface area contributed by atoms with Gasteiger partial charge in [0.1, 0.15) is 5.82 Å². The molecular formula is C19H22F3N7OS. The molecule has 1 saturated heterocycles. The SMILES string of the molecule is Cc1cc(OCC(F)(F)F)c2nc(NC3C4CCC3CN(c3nc(C)ns3)C4)nn2c1. The maximum absolute atomic E-state index is 12.6. The van der Waals surface area contributed by atoms with Gasteiger partial charge in [-0.15, -0.1) is 5.10 Å². The molecule has 1 saturated carbocycles. The summed E-state index contributed by atoms with van der Waals surface area (Å²) in [7, 11) is 0. The number of ether oxygens (including phenoxy) is 1. The highest BCUT2D eigenvalue weighted by Gasteiger charge is 2.43. The monoisotopic (exact) mass is 453 g/mol. The molecule has 1 N–H and O–H groups in total. The van der Waals surface area contributed by atoms with Crippen LogP contribution in [0.15, 0.2) is 12.3 Å². The van der Waals surface area contributed by atoms with Gasteiger partial charge in [0, 0.05) is 36.9 Å². The van der Waals surface area contributed by atoms with Crippen LogP contribution in [0.4, 0.5) is 24.3 Å². The second-order valence-electron chi connectivity index (χ2n) is 8.29. The van der Waals surface area contributed by atoms with Gasteiger partial charge >= 0.3 is 6.18 Å². The first-order chi connectivity index (χ1) is 14.7. The Kier molecular flexibility index (Phi) is 4.91. The normalized spacial score (nSPS) is 23.5. The Morgan fingerprint density at radius 2 is 1.94 bits per heavy atom. The fraction of sp³-hybridized carbons (Fsp3) is 0.579. The fourth-order valence-corrected chi connectivity index (χ4v) is 5.28. The van der Waals surface area contributed by atoms with E-state index < -0.39 is 12.8 Å². The van der Waals surface area contributed by atoms with Crippen molar-refractivity contribution in [3.63, 3.8) is 0 Å². The number of alkyl halides is 3. The Morgan fingerprint density at radius 1 is 1.19 bits per heavy atom. The van der Waals surface area contributed by atoms with Gasteiger partial charge in [0.2, 0.25) is 11.1 Å². The van der Waals surface area contributed by atoms with E-state index in [0.717, 1.165) is 42.5 Å². The summed E-state index contributed by atoms with van der Waals surface area (Å²) in [6.45, 7) is 4.08. The van der Waals surface area contributed by atoms with Crippen LogP contribution in [0.25, 0.3) is 5.65 Å². The first kappa shape index (κ1) is 20.3. The minimum atomic E-state index is -4.42. The van der Waals surface area contributed by atoms with Crippen molar-refractivity contribution in [1.82, 2.24) is 24.0 Å². The number of aryl methyl sites for hydroxylation is 2. The minimum Gasteiger partial charge on any atom is -0.480 e. The van der Waals surface area contributed by atoms with E-state index in [1.54, 1.807) is 19.2 Å². The molecule has 1 aliphatic heterocycles. The summed E-state index contributed by atoms with van der Waals surface area (Å²) in [5.74, 6) is 2.10. The third kappa shape index (κ3) is 4.12. The van der Waals surface area contributed by atoms with Gasteiger partial charge in [-0.2, -0.15) is 22.5 Å². The average molecular weight is 453 g/mol. The van der Waals surface area contributed by atoms with E-state index in [1.165, 1.54) is 16.0 Å². The molecule has 31 heavy (non-hydrogen) atoms. The highest BCUT2D eigenvalue weighted by molar-refractivity contribution is 7.09. The number of anilines is 2. The number of rotatable bonds is 5. The average Bonchev–Trinajstić information content (AvgIpc) is 3.35. The second kappa shape index (κ2) is 7.50. The van der Waals surface area contributed by atoms with Crippen LogP contribution in [-0.2, 0) is 0 Å². The number of hydrogen-bond acceptors (Lipinski definition) is 8. The van der Waals surface area contributed by atoms with Crippen LogP contribution in [0.3, 0.4) is 0 Å². The van der Waals surface area contributed by atoms with Crippen LogP contribution in [0.2, 0.25) is 0 Å². The standard InChI is InChI=1S/C19H22F3N7OS/c1-10-5-14(30-9-19(20,21)22)16-25-17(26-29(16)6-10)24-15-12-3-4-13(15)8-28(7-12)18-23-11(2)27-31-18/h5-6,12-13,15H,3-4,7-9H2,1-2H3,(H,24,26). The van der Waals surface area contributed by atoms with Crippen LogP contribution in [0.5, 0.6) is 5.75 Å². The number of nitrogens with zero attached hydrogens (tertiary/aromatic N) is 6. The van der Waals surface area contributed by atoms with Gasteiger partial charge in [-0.3, -0.25) is 0 Å². The van der Waals surface area contributed by atoms with Crippen LogP contribution in [0, 0.1) is 25.7 Å². The van der Waals surface area contributed by atoms with Crippen LogP contribution in [0.1, 0.15) is 24.2 Å². The van der Waals surface area contributed by atoms with Crippen LogP contribution < -0.4 is 15.0 Å². The lowest BCUT2D eigenvalue weighted by molar-refractivity contribution is -0.153. The molecule has 166 valence electrons. The van der Waals surface area contributed by atoms with Gasteiger partial charge in [0.05, 0.1) is 0 Å².